The second-order valence-corrected chi connectivity index (χ2v) is 4.02. The molecular formula is C7H7FGe. The first kappa shape index (κ1) is 6.81. The van der Waals surface area contributed by atoms with E-state index in [4.69, 9.17) is 0 Å². The molecule has 0 fully saturated rings. The van der Waals surface area contributed by atoms with Gasteiger partial charge in [0.05, 0.1) is 0 Å². The minimum absolute atomic E-state index is 0.0150. The monoisotopic (exact) mass is 184 g/mol. The zero-order chi connectivity index (χ0) is 6.69. The van der Waals surface area contributed by atoms with Crippen LogP contribution in [0.2, 0.25) is 5.76 Å². The average Bonchev–Trinajstić information content (AvgIpc) is 1.90. The van der Waals surface area contributed by atoms with Crippen molar-refractivity contribution in [3.63, 3.8) is 0 Å². The first-order valence-corrected chi connectivity index (χ1v) is 5.91. The van der Waals surface area contributed by atoms with Crippen molar-refractivity contribution in [2.24, 2.45) is 0 Å². The molecule has 0 spiro atoms. The Morgan fingerprint density at radius 2 is 1.78 bits per heavy atom. The average molecular weight is 183 g/mol. The molecule has 0 atom stereocenters. The van der Waals surface area contributed by atoms with Crippen LogP contribution >= 0.6 is 0 Å². The zero-order valence-corrected chi connectivity index (χ0v) is 7.29. The summed E-state index contributed by atoms with van der Waals surface area (Å²) in [6.45, 7) is 0. The second-order valence-electron chi connectivity index (χ2n) is 1.76. The first-order chi connectivity index (χ1) is 4.33. The van der Waals surface area contributed by atoms with Gasteiger partial charge in [0, 0.05) is 0 Å². The summed E-state index contributed by atoms with van der Waals surface area (Å²) in [6, 6.07) is 6.75. The molecule has 0 heterocycles. The summed E-state index contributed by atoms with van der Waals surface area (Å²) >= 11 is 0.0150. The maximum atomic E-state index is 12.2. The molecule has 0 saturated heterocycles. The van der Waals surface area contributed by atoms with Gasteiger partial charge in [0.1, 0.15) is 0 Å². The van der Waals surface area contributed by atoms with Crippen molar-refractivity contribution in [3.8, 4) is 0 Å². The number of hydrogen-bond donors (Lipinski definition) is 0. The molecule has 9 heavy (non-hydrogen) atoms. The molecule has 0 N–H and O–H groups in total. The van der Waals surface area contributed by atoms with E-state index >= 15 is 0 Å². The Morgan fingerprint density at radius 1 is 1.22 bits per heavy atom. The van der Waals surface area contributed by atoms with Crippen LogP contribution in [0.25, 0.3) is 0 Å². The summed E-state index contributed by atoms with van der Waals surface area (Å²) in [6.07, 6.45) is 0. The molecule has 0 aliphatic carbocycles. The van der Waals surface area contributed by atoms with Crippen LogP contribution in [-0.2, 0) is 0 Å². The normalized spacial score (nSPS) is 9.56. The molecule has 46 valence electrons. The Bertz CT molecular complexity index is 181. The van der Waals surface area contributed by atoms with Crippen molar-refractivity contribution in [3.05, 3.63) is 30.1 Å². The van der Waals surface area contributed by atoms with E-state index < -0.39 is 0 Å². The summed E-state index contributed by atoms with van der Waals surface area (Å²) in [4.78, 5) is 0. The van der Waals surface area contributed by atoms with Crippen LogP contribution < -0.4 is 4.40 Å². The van der Waals surface area contributed by atoms with E-state index in [1.165, 1.54) is 16.5 Å². The van der Waals surface area contributed by atoms with Crippen LogP contribution in [0.3, 0.4) is 0 Å². The van der Waals surface area contributed by atoms with Gasteiger partial charge in [0.25, 0.3) is 0 Å². The van der Waals surface area contributed by atoms with Gasteiger partial charge in [0.2, 0.25) is 0 Å². The number of halogens is 1. The molecule has 2 heteroatoms. The Labute approximate surface area is 60.6 Å². The summed E-state index contributed by atoms with van der Waals surface area (Å²) < 4.78 is 13.5. The molecule has 1 aromatic carbocycles. The number of benzene rings is 1. The van der Waals surface area contributed by atoms with Crippen LogP contribution in [0.1, 0.15) is 0 Å². The second kappa shape index (κ2) is 3.01. The molecule has 1 rings (SSSR count). The van der Waals surface area contributed by atoms with E-state index in [2.05, 4.69) is 5.76 Å². The van der Waals surface area contributed by atoms with E-state index in [1.807, 2.05) is 12.1 Å². The van der Waals surface area contributed by atoms with Gasteiger partial charge in [-0.2, -0.15) is 0 Å². The van der Waals surface area contributed by atoms with Crippen LogP contribution in [0.15, 0.2) is 24.3 Å². The molecule has 2 radical (unpaired) electrons. The van der Waals surface area contributed by atoms with Crippen molar-refractivity contribution in [1.29, 1.82) is 0 Å². The van der Waals surface area contributed by atoms with Crippen molar-refractivity contribution in [2.75, 3.05) is 0 Å². The Morgan fingerprint density at radius 3 is 2.22 bits per heavy atom. The summed E-state index contributed by atoms with van der Waals surface area (Å²) in [5.74, 6) is 2.03. The Hall–Kier alpha value is -0.307. The van der Waals surface area contributed by atoms with E-state index in [9.17, 15) is 4.39 Å². The Kier molecular flexibility index (Phi) is 2.28. The standard InChI is InChI=1S/C7H7FGe/c1-9-7-4-2-6(8)3-5-7/h2-5H,1H3. The third-order valence-electron chi connectivity index (χ3n) is 1.13. The van der Waals surface area contributed by atoms with Crippen LogP contribution in [0.5, 0.6) is 0 Å². The topological polar surface area (TPSA) is 0 Å². The van der Waals surface area contributed by atoms with Crippen molar-refractivity contribution < 1.29 is 4.39 Å². The van der Waals surface area contributed by atoms with E-state index in [-0.39, 0.29) is 21.2 Å². The molecular weight excluding hydrogens is 176 g/mol. The van der Waals surface area contributed by atoms with Crippen molar-refractivity contribution in [2.45, 2.75) is 5.76 Å². The number of rotatable bonds is 1. The van der Waals surface area contributed by atoms with E-state index in [0.29, 0.717) is 0 Å². The van der Waals surface area contributed by atoms with Gasteiger partial charge in [0.15, 0.2) is 0 Å². The van der Waals surface area contributed by atoms with Gasteiger partial charge < -0.3 is 0 Å². The van der Waals surface area contributed by atoms with Crippen molar-refractivity contribution in [1.82, 2.24) is 0 Å². The SMILES string of the molecule is [CH3][Ge][c]1ccc(F)cc1. The fourth-order valence-electron chi connectivity index (χ4n) is 0.617. The van der Waals surface area contributed by atoms with Gasteiger partial charge in [-0.05, 0) is 0 Å². The van der Waals surface area contributed by atoms with Gasteiger partial charge in [-0.3, -0.25) is 0 Å². The summed E-state index contributed by atoms with van der Waals surface area (Å²) in [7, 11) is 0. The summed E-state index contributed by atoms with van der Waals surface area (Å²) in [5, 5.41) is 0. The van der Waals surface area contributed by atoms with Gasteiger partial charge >= 0.3 is 60.1 Å². The molecule has 0 bridgehead atoms. The molecule has 0 aliphatic heterocycles. The maximum absolute atomic E-state index is 12.2. The third kappa shape index (κ3) is 1.82. The van der Waals surface area contributed by atoms with Crippen LogP contribution in [-0.4, -0.2) is 15.4 Å². The van der Waals surface area contributed by atoms with Gasteiger partial charge in [-0.1, -0.05) is 0 Å². The molecule has 1 aromatic rings. The van der Waals surface area contributed by atoms with Gasteiger partial charge in [-0.25, -0.2) is 0 Å². The molecule has 0 aromatic heterocycles. The molecule has 0 amide bonds. The van der Waals surface area contributed by atoms with Crippen LogP contribution in [0.4, 0.5) is 4.39 Å². The Balaban J connectivity index is 2.88. The van der Waals surface area contributed by atoms with E-state index in [0.717, 1.165) is 0 Å². The van der Waals surface area contributed by atoms with Gasteiger partial charge in [-0.15, -0.1) is 0 Å². The zero-order valence-electron chi connectivity index (χ0n) is 5.19. The van der Waals surface area contributed by atoms with E-state index in [1.54, 1.807) is 0 Å². The fraction of sp³-hybridized carbons (Fsp3) is 0.143. The molecule has 0 unspecified atom stereocenters. The third-order valence-corrected chi connectivity index (χ3v) is 3.04. The number of hydrogen-bond acceptors (Lipinski definition) is 0. The van der Waals surface area contributed by atoms with Crippen LogP contribution in [0, 0.1) is 5.82 Å². The molecule has 0 nitrogen and oxygen atoms in total. The quantitative estimate of drug-likeness (QED) is 0.573. The minimum atomic E-state index is -0.140. The predicted octanol–water partition coefficient (Wildman–Crippen LogP) is 1.20. The molecule has 0 aliphatic rings. The fourth-order valence-corrected chi connectivity index (χ4v) is 1.67. The predicted molar refractivity (Wildman–Crippen MR) is 37.7 cm³/mol. The summed E-state index contributed by atoms with van der Waals surface area (Å²) in [5.41, 5.74) is 0. The van der Waals surface area contributed by atoms with Crippen molar-refractivity contribution >= 4 is 19.8 Å². The molecule has 0 saturated carbocycles. The first-order valence-electron chi connectivity index (χ1n) is 2.76.